The highest BCUT2D eigenvalue weighted by Crippen LogP contribution is 2.13. The number of cyclic esters (lactones) is 2. The van der Waals surface area contributed by atoms with Gasteiger partial charge in [0, 0.05) is 0 Å². The zero-order chi connectivity index (χ0) is 6.85. The molecule has 0 aromatic heterocycles. The Morgan fingerprint density at radius 1 is 1.67 bits per heavy atom. The van der Waals surface area contributed by atoms with E-state index in [-0.39, 0.29) is 6.42 Å². The van der Waals surface area contributed by atoms with Crippen LogP contribution < -0.4 is 0 Å². The van der Waals surface area contributed by atoms with Gasteiger partial charge in [0.15, 0.2) is 5.92 Å². The highest BCUT2D eigenvalue weighted by Gasteiger charge is 2.32. The van der Waals surface area contributed by atoms with Gasteiger partial charge in [-0.25, -0.2) is 0 Å². The van der Waals surface area contributed by atoms with Crippen LogP contribution in [-0.4, -0.2) is 11.9 Å². The van der Waals surface area contributed by atoms with Gasteiger partial charge in [-0.2, -0.15) is 5.26 Å². The van der Waals surface area contributed by atoms with Crippen molar-refractivity contribution in [2.75, 3.05) is 0 Å². The van der Waals surface area contributed by atoms with Crippen LogP contribution in [0.15, 0.2) is 0 Å². The van der Waals surface area contributed by atoms with E-state index in [0.29, 0.717) is 0 Å². The van der Waals surface area contributed by atoms with E-state index in [1.54, 1.807) is 6.07 Å². The molecule has 1 fully saturated rings. The Kier molecular flexibility index (Phi) is 1.19. The van der Waals surface area contributed by atoms with Gasteiger partial charge in [-0.1, -0.05) is 0 Å². The summed E-state index contributed by atoms with van der Waals surface area (Å²) in [6.07, 6.45) is -0.0880. The normalized spacial score (nSPS) is 25.4. The van der Waals surface area contributed by atoms with E-state index in [0.717, 1.165) is 0 Å². The Balaban J connectivity index is 2.72. The number of carbonyl (C=O) groups is 2. The lowest BCUT2D eigenvalue weighted by Gasteiger charge is -1.84. The number of hydrogen-bond donors (Lipinski definition) is 0. The van der Waals surface area contributed by atoms with E-state index in [9.17, 15) is 9.59 Å². The van der Waals surface area contributed by atoms with Crippen LogP contribution >= 0.6 is 0 Å². The largest absolute Gasteiger partial charge is 0.392 e. The molecule has 0 spiro atoms. The second-order valence-electron chi connectivity index (χ2n) is 1.68. The van der Waals surface area contributed by atoms with Gasteiger partial charge in [0.2, 0.25) is 0 Å². The molecule has 1 rings (SSSR count). The minimum atomic E-state index is -0.863. The van der Waals surface area contributed by atoms with E-state index in [2.05, 4.69) is 4.74 Å². The van der Waals surface area contributed by atoms with E-state index >= 15 is 0 Å². The zero-order valence-corrected chi connectivity index (χ0v) is 4.46. The molecule has 0 bridgehead atoms. The standard InChI is InChI=1S/C5H3NO3/c6-2-3-1-4(7)9-5(3)8/h3H,1H2. The zero-order valence-electron chi connectivity index (χ0n) is 4.46. The Bertz CT molecular complexity index is 203. The fourth-order valence-electron chi connectivity index (χ4n) is 0.573. The van der Waals surface area contributed by atoms with Gasteiger partial charge in [0.1, 0.15) is 0 Å². The molecule has 1 atom stereocenters. The average molecular weight is 125 g/mol. The van der Waals surface area contributed by atoms with Crippen LogP contribution in [0.2, 0.25) is 0 Å². The number of esters is 2. The van der Waals surface area contributed by atoms with Crippen LogP contribution in [0.4, 0.5) is 0 Å². The molecule has 1 saturated heterocycles. The molecule has 0 radical (unpaired) electrons. The molecule has 1 unspecified atom stereocenters. The van der Waals surface area contributed by atoms with Crippen molar-refractivity contribution in [2.24, 2.45) is 5.92 Å². The van der Waals surface area contributed by atoms with Crippen molar-refractivity contribution in [3.8, 4) is 6.07 Å². The van der Waals surface area contributed by atoms with Gasteiger partial charge in [-0.15, -0.1) is 0 Å². The number of ether oxygens (including phenoxy) is 1. The Morgan fingerprint density at radius 3 is 2.56 bits per heavy atom. The molecule has 46 valence electrons. The third-order valence-corrected chi connectivity index (χ3v) is 1.03. The summed E-state index contributed by atoms with van der Waals surface area (Å²) in [5.74, 6) is -2.19. The first-order chi connectivity index (χ1) is 4.24. The van der Waals surface area contributed by atoms with Crippen molar-refractivity contribution < 1.29 is 14.3 Å². The monoisotopic (exact) mass is 125 g/mol. The van der Waals surface area contributed by atoms with Crippen LogP contribution in [0.5, 0.6) is 0 Å². The molecule has 0 amide bonds. The number of hydrogen-bond acceptors (Lipinski definition) is 4. The summed E-state index contributed by atoms with van der Waals surface area (Å²) in [5.41, 5.74) is 0. The molecule has 9 heavy (non-hydrogen) atoms. The van der Waals surface area contributed by atoms with E-state index < -0.39 is 17.9 Å². The second-order valence-corrected chi connectivity index (χ2v) is 1.68. The Hall–Kier alpha value is -1.37. The summed E-state index contributed by atoms with van der Waals surface area (Å²) in [4.78, 5) is 20.6. The van der Waals surface area contributed by atoms with Crippen LogP contribution in [0.25, 0.3) is 0 Å². The summed E-state index contributed by atoms with van der Waals surface area (Å²) in [7, 11) is 0. The van der Waals surface area contributed by atoms with Crippen LogP contribution in [-0.2, 0) is 14.3 Å². The number of carbonyl (C=O) groups excluding carboxylic acids is 2. The maximum Gasteiger partial charge on any atom is 0.331 e. The molecular formula is C5H3NO3. The fraction of sp³-hybridized carbons (Fsp3) is 0.400. The summed E-state index contributed by atoms with van der Waals surface area (Å²) in [5, 5.41) is 8.15. The predicted molar refractivity (Wildman–Crippen MR) is 24.8 cm³/mol. The Labute approximate surface area is 51.0 Å². The van der Waals surface area contributed by atoms with E-state index in [1.165, 1.54) is 0 Å². The molecule has 0 N–H and O–H groups in total. The quantitative estimate of drug-likeness (QED) is 0.326. The maximum atomic E-state index is 10.4. The van der Waals surface area contributed by atoms with Crippen molar-refractivity contribution in [1.82, 2.24) is 0 Å². The van der Waals surface area contributed by atoms with Gasteiger partial charge in [-0.05, 0) is 0 Å². The lowest BCUT2D eigenvalue weighted by Crippen LogP contribution is -2.03. The van der Waals surface area contributed by atoms with Gasteiger partial charge < -0.3 is 4.74 Å². The Morgan fingerprint density at radius 2 is 2.33 bits per heavy atom. The maximum absolute atomic E-state index is 10.4. The van der Waals surface area contributed by atoms with Gasteiger partial charge >= 0.3 is 11.9 Å². The molecule has 0 aromatic carbocycles. The highest BCUT2D eigenvalue weighted by atomic mass is 16.6. The predicted octanol–water partition coefficient (Wildman–Crippen LogP) is -0.400. The molecule has 0 saturated carbocycles. The fourth-order valence-corrected chi connectivity index (χ4v) is 0.573. The molecule has 1 aliphatic rings. The molecule has 1 heterocycles. The van der Waals surface area contributed by atoms with Crippen molar-refractivity contribution in [3.63, 3.8) is 0 Å². The van der Waals surface area contributed by atoms with Gasteiger partial charge in [-0.3, -0.25) is 9.59 Å². The molecule has 4 heteroatoms. The third-order valence-electron chi connectivity index (χ3n) is 1.03. The van der Waals surface area contributed by atoms with Crippen molar-refractivity contribution in [1.29, 1.82) is 5.26 Å². The first-order valence-electron chi connectivity index (χ1n) is 2.38. The molecule has 0 aliphatic carbocycles. The van der Waals surface area contributed by atoms with Gasteiger partial charge in [0.05, 0.1) is 12.5 Å². The minimum absolute atomic E-state index is 0.0880. The SMILES string of the molecule is N#CC1CC(=O)OC1=O. The lowest BCUT2D eigenvalue weighted by atomic mass is 10.1. The summed E-state index contributed by atoms with van der Waals surface area (Å²) in [6.45, 7) is 0. The number of rotatable bonds is 0. The highest BCUT2D eigenvalue weighted by molar-refractivity contribution is 5.96. The van der Waals surface area contributed by atoms with E-state index in [1.807, 2.05) is 0 Å². The second kappa shape index (κ2) is 1.86. The molecule has 1 aliphatic heterocycles. The van der Waals surface area contributed by atoms with Crippen molar-refractivity contribution in [3.05, 3.63) is 0 Å². The smallest absolute Gasteiger partial charge is 0.331 e. The number of nitrogens with zero attached hydrogens (tertiary/aromatic N) is 1. The average Bonchev–Trinajstić information content (AvgIpc) is 2.10. The lowest BCUT2D eigenvalue weighted by molar-refractivity contribution is -0.152. The van der Waals surface area contributed by atoms with Crippen LogP contribution in [0.3, 0.4) is 0 Å². The van der Waals surface area contributed by atoms with Crippen LogP contribution in [0.1, 0.15) is 6.42 Å². The summed E-state index contributed by atoms with van der Waals surface area (Å²) in [6, 6.07) is 1.65. The van der Waals surface area contributed by atoms with Crippen molar-refractivity contribution in [2.45, 2.75) is 6.42 Å². The topological polar surface area (TPSA) is 67.2 Å². The summed E-state index contributed by atoms with van der Waals surface area (Å²) < 4.78 is 4.06. The minimum Gasteiger partial charge on any atom is -0.392 e. The van der Waals surface area contributed by atoms with Crippen LogP contribution in [0, 0.1) is 17.2 Å². The third kappa shape index (κ3) is 0.891. The van der Waals surface area contributed by atoms with E-state index in [4.69, 9.17) is 5.26 Å². The first kappa shape index (κ1) is 5.76. The molecule has 4 nitrogen and oxygen atoms in total. The van der Waals surface area contributed by atoms with Gasteiger partial charge in [0.25, 0.3) is 0 Å². The molecular weight excluding hydrogens is 122 g/mol. The summed E-state index contributed by atoms with van der Waals surface area (Å²) >= 11 is 0. The van der Waals surface area contributed by atoms with Crippen molar-refractivity contribution >= 4 is 11.9 Å². The first-order valence-corrected chi connectivity index (χ1v) is 2.38. The number of nitriles is 1. The molecule has 0 aromatic rings.